The minimum Gasteiger partial charge on any atom is -0.487 e. The normalized spacial score (nSPS) is 24.0. The Kier molecular flexibility index (Phi) is 4.00. The summed E-state index contributed by atoms with van der Waals surface area (Å²) >= 11 is 0. The summed E-state index contributed by atoms with van der Waals surface area (Å²) in [6.45, 7) is 0. The Hall–Kier alpha value is -1.53. The number of rotatable bonds is 3. The van der Waals surface area contributed by atoms with Crippen molar-refractivity contribution in [3.63, 3.8) is 0 Å². The third-order valence-corrected chi connectivity index (χ3v) is 3.36. The van der Waals surface area contributed by atoms with Gasteiger partial charge >= 0.3 is 0 Å². The van der Waals surface area contributed by atoms with Crippen molar-refractivity contribution >= 4 is 0 Å². The minimum absolute atomic E-state index is 0.184. The predicted molar refractivity (Wildman–Crippen MR) is 66.9 cm³/mol. The maximum Gasteiger partial charge on any atom is 0.137 e. The molecule has 90 valence electrons. The fraction of sp³-hybridized carbons (Fsp3) is 0.500. The van der Waals surface area contributed by atoms with Crippen molar-refractivity contribution in [2.24, 2.45) is 0 Å². The van der Waals surface area contributed by atoms with Gasteiger partial charge in [0.15, 0.2) is 0 Å². The number of nitriles is 1. The van der Waals surface area contributed by atoms with Gasteiger partial charge in [-0.2, -0.15) is 5.26 Å². The van der Waals surface area contributed by atoms with Crippen molar-refractivity contribution in [1.82, 2.24) is 5.32 Å². The molecule has 0 heterocycles. The third kappa shape index (κ3) is 2.78. The van der Waals surface area contributed by atoms with Crippen LogP contribution >= 0.6 is 0 Å². The molecule has 1 aliphatic carbocycles. The maximum atomic E-state index is 9.03. The van der Waals surface area contributed by atoms with Gasteiger partial charge in [0.2, 0.25) is 0 Å². The number of nitrogens with one attached hydrogen (secondary N) is 1. The van der Waals surface area contributed by atoms with E-state index >= 15 is 0 Å². The highest BCUT2D eigenvalue weighted by Crippen LogP contribution is 2.25. The molecule has 17 heavy (non-hydrogen) atoms. The molecule has 0 aromatic heterocycles. The lowest BCUT2D eigenvalue weighted by Crippen LogP contribution is -2.43. The van der Waals surface area contributed by atoms with E-state index in [1.807, 2.05) is 25.2 Å². The minimum atomic E-state index is 0.184. The van der Waals surface area contributed by atoms with Crippen LogP contribution in [0.5, 0.6) is 5.75 Å². The van der Waals surface area contributed by atoms with Gasteiger partial charge in [-0.15, -0.1) is 0 Å². The van der Waals surface area contributed by atoms with Crippen molar-refractivity contribution in [2.45, 2.75) is 37.8 Å². The summed E-state index contributed by atoms with van der Waals surface area (Å²) in [5, 5.41) is 12.3. The van der Waals surface area contributed by atoms with Crippen molar-refractivity contribution in [3.8, 4) is 11.8 Å². The standard InChI is InChI=1S/C14H18N2O/c1-16-12-7-3-5-9-14(12)17-13-8-4-2-6-11(13)10-15/h2,4,6,8,12,14,16H,3,5,7,9H2,1H3. The average Bonchev–Trinajstić information content (AvgIpc) is 2.40. The highest BCUT2D eigenvalue weighted by molar-refractivity contribution is 5.42. The molecule has 1 aromatic rings. The van der Waals surface area contributed by atoms with Crippen LogP contribution in [0, 0.1) is 11.3 Å². The fourth-order valence-electron chi connectivity index (χ4n) is 2.39. The summed E-state index contributed by atoms with van der Waals surface area (Å²) < 4.78 is 6.00. The molecule has 1 saturated carbocycles. The Morgan fingerprint density at radius 1 is 1.29 bits per heavy atom. The molecular weight excluding hydrogens is 212 g/mol. The van der Waals surface area contributed by atoms with E-state index in [9.17, 15) is 0 Å². The molecule has 2 atom stereocenters. The van der Waals surface area contributed by atoms with Crippen LogP contribution in [0.25, 0.3) is 0 Å². The van der Waals surface area contributed by atoms with E-state index < -0.39 is 0 Å². The molecule has 1 fully saturated rings. The average molecular weight is 230 g/mol. The summed E-state index contributed by atoms with van der Waals surface area (Å²) in [6.07, 6.45) is 4.85. The number of likely N-dealkylation sites (N-methyl/N-ethyl adjacent to an activating group) is 1. The molecule has 0 radical (unpaired) electrons. The summed E-state index contributed by atoms with van der Waals surface area (Å²) in [6, 6.07) is 10.0. The van der Waals surface area contributed by atoms with Crippen LogP contribution in [0.2, 0.25) is 0 Å². The first-order valence-electron chi connectivity index (χ1n) is 6.18. The van der Waals surface area contributed by atoms with Crippen LogP contribution in [0.1, 0.15) is 31.2 Å². The zero-order valence-corrected chi connectivity index (χ0v) is 10.1. The van der Waals surface area contributed by atoms with E-state index in [-0.39, 0.29) is 6.10 Å². The van der Waals surface area contributed by atoms with Gasteiger partial charge in [0.05, 0.1) is 5.56 Å². The second-order valence-corrected chi connectivity index (χ2v) is 4.44. The SMILES string of the molecule is CNC1CCCCC1Oc1ccccc1C#N. The summed E-state index contributed by atoms with van der Waals surface area (Å²) in [4.78, 5) is 0. The molecule has 1 aromatic carbocycles. The van der Waals surface area contributed by atoms with Crippen molar-refractivity contribution in [2.75, 3.05) is 7.05 Å². The number of hydrogen-bond acceptors (Lipinski definition) is 3. The van der Waals surface area contributed by atoms with Crippen molar-refractivity contribution in [1.29, 1.82) is 5.26 Å². The molecule has 1 N–H and O–H groups in total. The van der Waals surface area contributed by atoms with Gasteiger partial charge in [-0.25, -0.2) is 0 Å². The van der Waals surface area contributed by atoms with Gasteiger partial charge in [0.25, 0.3) is 0 Å². The zero-order valence-electron chi connectivity index (χ0n) is 10.1. The van der Waals surface area contributed by atoms with Crippen molar-refractivity contribution < 1.29 is 4.74 Å². The van der Waals surface area contributed by atoms with E-state index in [0.717, 1.165) is 12.8 Å². The summed E-state index contributed by atoms with van der Waals surface area (Å²) in [7, 11) is 1.97. The van der Waals surface area contributed by atoms with E-state index in [0.29, 0.717) is 17.4 Å². The third-order valence-electron chi connectivity index (χ3n) is 3.36. The number of ether oxygens (including phenoxy) is 1. The van der Waals surface area contributed by atoms with Gasteiger partial charge in [0.1, 0.15) is 17.9 Å². The first-order chi connectivity index (χ1) is 8.35. The molecule has 0 saturated heterocycles. The Bertz CT molecular complexity index is 411. The van der Waals surface area contributed by atoms with Gasteiger partial charge < -0.3 is 10.1 Å². The highest BCUT2D eigenvalue weighted by atomic mass is 16.5. The van der Waals surface area contributed by atoms with Crippen LogP contribution in [0.4, 0.5) is 0 Å². The molecule has 0 spiro atoms. The van der Waals surface area contributed by atoms with Gasteiger partial charge in [0, 0.05) is 6.04 Å². The van der Waals surface area contributed by atoms with Crippen LogP contribution in [-0.4, -0.2) is 19.2 Å². The van der Waals surface area contributed by atoms with Crippen LogP contribution in [-0.2, 0) is 0 Å². The van der Waals surface area contributed by atoms with Gasteiger partial charge in [-0.05, 0) is 38.4 Å². The molecule has 0 amide bonds. The Morgan fingerprint density at radius 3 is 2.82 bits per heavy atom. The molecule has 2 unspecified atom stereocenters. The number of benzene rings is 1. The maximum absolute atomic E-state index is 9.03. The number of para-hydroxylation sites is 1. The van der Waals surface area contributed by atoms with Crippen LogP contribution < -0.4 is 10.1 Å². The zero-order chi connectivity index (χ0) is 12.1. The topological polar surface area (TPSA) is 45.0 Å². The van der Waals surface area contributed by atoms with Gasteiger partial charge in [-0.1, -0.05) is 18.6 Å². The smallest absolute Gasteiger partial charge is 0.137 e. The largest absolute Gasteiger partial charge is 0.487 e. The lowest BCUT2D eigenvalue weighted by atomic mass is 9.92. The number of nitrogens with zero attached hydrogens (tertiary/aromatic N) is 1. The monoisotopic (exact) mass is 230 g/mol. The molecule has 1 aliphatic rings. The quantitative estimate of drug-likeness (QED) is 0.867. The van der Waals surface area contributed by atoms with Crippen molar-refractivity contribution in [3.05, 3.63) is 29.8 Å². The van der Waals surface area contributed by atoms with E-state index in [4.69, 9.17) is 10.00 Å². The van der Waals surface area contributed by atoms with E-state index in [1.165, 1.54) is 12.8 Å². The lowest BCUT2D eigenvalue weighted by Gasteiger charge is -2.31. The van der Waals surface area contributed by atoms with Crippen LogP contribution in [0.3, 0.4) is 0 Å². The summed E-state index contributed by atoms with van der Waals surface area (Å²) in [5.41, 5.74) is 0.618. The predicted octanol–water partition coefficient (Wildman–Crippen LogP) is 2.47. The molecule has 0 aliphatic heterocycles. The van der Waals surface area contributed by atoms with Crippen LogP contribution in [0.15, 0.2) is 24.3 Å². The molecule has 2 rings (SSSR count). The molecule has 0 bridgehead atoms. The first kappa shape index (κ1) is 11.9. The Morgan fingerprint density at radius 2 is 2.06 bits per heavy atom. The first-order valence-corrected chi connectivity index (χ1v) is 6.18. The van der Waals surface area contributed by atoms with Gasteiger partial charge in [-0.3, -0.25) is 0 Å². The Labute approximate surface area is 102 Å². The molecular formula is C14H18N2O. The fourth-order valence-corrected chi connectivity index (χ4v) is 2.39. The second-order valence-electron chi connectivity index (χ2n) is 4.44. The van der Waals surface area contributed by atoms with E-state index in [1.54, 1.807) is 6.07 Å². The van der Waals surface area contributed by atoms with E-state index in [2.05, 4.69) is 11.4 Å². The number of hydrogen-bond donors (Lipinski definition) is 1. The Balaban J connectivity index is 2.11. The second kappa shape index (κ2) is 5.70. The molecule has 3 heteroatoms. The lowest BCUT2D eigenvalue weighted by molar-refractivity contribution is 0.117. The summed E-state index contributed by atoms with van der Waals surface area (Å²) in [5.74, 6) is 0.710. The molecule has 3 nitrogen and oxygen atoms in total. The highest BCUT2D eigenvalue weighted by Gasteiger charge is 2.25.